The first kappa shape index (κ1) is 22.0. The van der Waals surface area contributed by atoms with Crippen LogP contribution in [0.3, 0.4) is 0 Å². The maximum atomic E-state index is 14.4. The van der Waals surface area contributed by atoms with Crippen molar-refractivity contribution < 1.29 is 13.5 Å². The molecule has 0 saturated heterocycles. The largest absolute Gasteiger partial charge is 0.491 e. The fourth-order valence-electron chi connectivity index (χ4n) is 3.61. The molecule has 0 radical (unpaired) electrons. The Morgan fingerprint density at radius 3 is 1.77 bits per heavy atom. The standard InChI is InChI=1S/C27H30F2O/c1-3-5-6-7-20-8-10-21(11-9-20)12-13-22-14-16-23(17-15-22)24-18-19-25(30-4-2)27(29)26(24)28/h8-11,14-19H,3-7,12-13H2,1-2H3. The Balaban J connectivity index is 1.60. The van der Waals surface area contributed by atoms with Crippen molar-refractivity contribution in [2.24, 2.45) is 0 Å². The topological polar surface area (TPSA) is 9.23 Å². The van der Waals surface area contributed by atoms with Gasteiger partial charge < -0.3 is 4.74 Å². The van der Waals surface area contributed by atoms with Crippen LogP contribution < -0.4 is 4.74 Å². The number of rotatable bonds is 10. The molecular formula is C27H30F2O. The maximum Gasteiger partial charge on any atom is 0.201 e. The summed E-state index contributed by atoms with van der Waals surface area (Å²) >= 11 is 0. The van der Waals surface area contributed by atoms with Gasteiger partial charge in [-0.25, -0.2) is 4.39 Å². The zero-order chi connectivity index (χ0) is 21.3. The highest BCUT2D eigenvalue weighted by atomic mass is 19.2. The van der Waals surface area contributed by atoms with Crippen LogP contribution in [0.2, 0.25) is 0 Å². The summed E-state index contributed by atoms with van der Waals surface area (Å²) in [5.74, 6) is -1.85. The van der Waals surface area contributed by atoms with E-state index >= 15 is 0 Å². The summed E-state index contributed by atoms with van der Waals surface area (Å²) in [6.45, 7) is 4.26. The van der Waals surface area contributed by atoms with Gasteiger partial charge in [0, 0.05) is 5.56 Å². The lowest BCUT2D eigenvalue weighted by Gasteiger charge is -2.10. The van der Waals surface area contributed by atoms with Crippen molar-refractivity contribution in [3.05, 3.63) is 89.0 Å². The van der Waals surface area contributed by atoms with Gasteiger partial charge in [-0.05, 0) is 67.0 Å². The molecule has 0 atom stereocenters. The first-order chi connectivity index (χ1) is 14.6. The minimum absolute atomic E-state index is 0.0493. The van der Waals surface area contributed by atoms with Crippen molar-refractivity contribution in [1.82, 2.24) is 0 Å². The highest BCUT2D eigenvalue weighted by molar-refractivity contribution is 5.65. The molecule has 0 bridgehead atoms. The first-order valence-electron chi connectivity index (χ1n) is 10.9. The van der Waals surface area contributed by atoms with E-state index in [1.807, 2.05) is 24.3 Å². The van der Waals surface area contributed by atoms with Crippen LogP contribution in [-0.4, -0.2) is 6.61 Å². The zero-order valence-electron chi connectivity index (χ0n) is 17.9. The van der Waals surface area contributed by atoms with E-state index in [0.717, 1.165) is 19.3 Å². The average molecular weight is 409 g/mol. The molecule has 3 aromatic carbocycles. The van der Waals surface area contributed by atoms with E-state index in [2.05, 4.69) is 31.2 Å². The number of unbranched alkanes of at least 4 members (excludes halogenated alkanes) is 2. The van der Waals surface area contributed by atoms with Gasteiger partial charge in [-0.2, -0.15) is 4.39 Å². The van der Waals surface area contributed by atoms with Crippen molar-refractivity contribution >= 4 is 0 Å². The number of ether oxygens (including phenoxy) is 1. The Bertz CT molecular complexity index is 930. The molecule has 3 rings (SSSR count). The molecule has 0 aromatic heterocycles. The van der Waals surface area contributed by atoms with Crippen molar-refractivity contribution in [2.45, 2.75) is 52.4 Å². The summed E-state index contributed by atoms with van der Waals surface area (Å²) in [5.41, 5.74) is 4.81. The van der Waals surface area contributed by atoms with Crippen LogP contribution in [-0.2, 0) is 19.3 Å². The Hall–Kier alpha value is -2.68. The molecule has 0 saturated carbocycles. The van der Waals surface area contributed by atoms with E-state index in [1.165, 1.54) is 42.0 Å². The average Bonchev–Trinajstić information content (AvgIpc) is 2.77. The molecule has 0 spiro atoms. The van der Waals surface area contributed by atoms with Gasteiger partial charge in [0.25, 0.3) is 0 Å². The smallest absolute Gasteiger partial charge is 0.201 e. The Labute approximate surface area is 178 Å². The van der Waals surface area contributed by atoms with Crippen LogP contribution in [0.1, 0.15) is 49.8 Å². The van der Waals surface area contributed by atoms with Crippen molar-refractivity contribution in [1.29, 1.82) is 0 Å². The van der Waals surface area contributed by atoms with Crippen molar-refractivity contribution in [2.75, 3.05) is 6.61 Å². The highest BCUT2D eigenvalue weighted by Crippen LogP contribution is 2.30. The molecular weight excluding hydrogens is 378 g/mol. The molecule has 3 aromatic rings. The van der Waals surface area contributed by atoms with Crippen LogP contribution >= 0.6 is 0 Å². The van der Waals surface area contributed by atoms with Gasteiger partial charge in [0.15, 0.2) is 11.6 Å². The molecule has 0 heterocycles. The third-order valence-electron chi connectivity index (χ3n) is 5.41. The third kappa shape index (κ3) is 5.69. The van der Waals surface area contributed by atoms with Crippen LogP contribution in [0.5, 0.6) is 5.75 Å². The summed E-state index contributed by atoms with van der Waals surface area (Å²) in [6, 6.07) is 19.6. The monoisotopic (exact) mass is 408 g/mol. The predicted molar refractivity (Wildman–Crippen MR) is 120 cm³/mol. The van der Waals surface area contributed by atoms with Crippen molar-refractivity contribution in [3.8, 4) is 16.9 Å². The molecule has 0 fully saturated rings. The van der Waals surface area contributed by atoms with Crippen LogP contribution in [0.25, 0.3) is 11.1 Å². The number of halogens is 2. The molecule has 0 amide bonds. The van der Waals surface area contributed by atoms with Crippen LogP contribution in [0.15, 0.2) is 60.7 Å². The predicted octanol–water partition coefficient (Wildman–Crippen LogP) is 7.55. The van der Waals surface area contributed by atoms with Gasteiger partial charge in [0.1, 0.15) is 0 Å². The molecule has 1 nitrogen and oxygen atoms in total. The third-order valence-corrected chi connectivity index (χ3v) is 5.41. The summed E-state index contributed by atoms with van der Waals surface area (Å²) in [7, 11) is 0. The lowest BCUT2D eigenvalue weighted by atomic mass is 9.99. The van der Waals surface area contributed by atoms with Gasteiger partial charge >= 0.3 is 0 Å². The van der Waals surface area contributed by atoms with Crippen LogP contribution in [0, 0.1) is 11.6 Å². The minimum atomic E-state index is -0.934. The van der Waals surface area contributed by atoms with Gasteiger partial charge in [-0.3, -0.25) is 0 Å². The Morgan fingerprint density at radius 1 is 0.633 bits per heavy atom. The maximum absolute atomic E-state index is 14.4. The fourth-order valence-corrected chi connectivity index (χ4v) is 3.61. The lowest BCUT2D eigenvalue weighted by Crippen LogP contribution is -1.98. The fraction of sp³-hybridized carbons (Fsp3) is 0.333. The van der Waals surface area contributed by atoms with Crippen LogP contribution in [0.4, 0.5) is 8.78 Å². The van der Waals surface area contributed by atoms with Gasteiger partial charge in [0.2, 0.25) is 5.82 Å². The van der Waals surface area contributed by atoms with E-state index in [9.17, 15) is 8.78 Å². The second-order valence-electron chi connectivity index (χ2n) is 7.64. The number of hydrogen-bond donors (Lipinski definition) is 0. The second kappa shape index (κ2) is 10.9. The van der Waals surface area contributed by atoms with Crippen molar-refractivity contribution in [3.63, 3.8) is 0 Å². The quantitative estimate of drug-likeness (QED) is 0.315. The van der Waals surface area contributed by atoms with E-state index in [4.69, 9.17) is 4.74 Å². The SMILES string of the molecule is CCCCCc1ccc(CCc2ccc(-c3ccc(OCC)c(F)c3F)cc2)cc1. The molecule has 3 heteroatoms. The zero-order valence-corrected chi connectivity index (χ0v) is 17.9. The van der Waals surface area contributed by atoms with Gasteiger partial charge in [0.05, 0.1) is 6.61 Å². The van der Waals surface area contributed by atoms with E-state index < -0.39 is 11.6 Å². The summed E-state index contributed by atoms with van der Waals surface area (Å²) < 4.78 is 33.7. The van der Waals surface area contributed by atoms with E-state index in [0.29, 0.717) is 12.2 Å². The normalized spacial score (nSPS) is 10.9. The molecule has 0 aliphatic rings. The lowest BCUT2D eigenvalue weighted by molar-refractivity contribution is 0.314. The molecule has 30 heavy (non-hydrogen) atoms. The molecule has 0 aliphatic heterocycles. The van der Waals surface area contributed by atoms with Gasteiger partial charge in [-0.1, -0.05) is 68.3 Å². The summed E-state index contributed by atoms with van der Waals surface area (Å²) in [6.07, 6.45) is 6.80. The molecule has 0 unspecified atom stereocenters. The molecule has 158 valence electrons. The number of aryl methyl sites for hydroxylation is 3. The van der Waals surface area contributed by atoms with E-state index in [-0.39, 0.29) is 11.3 Å². The summed E-state index contributed by atoms with van der Waals surface area (Å²) in [5, 5.41) is 0. The number of hydrogen-bond acceptors (Lipinski definition) is 1. The minimum Gasteiger partial charge on any atom is -0.491 e. The second-order valence-corrected chi connectivity index (χ2v) is 7.64. The highest BCUT2D eigenvalue weighted by Gasteiger charge is 2.15. The van der Waals surface area contributed by atoms with E-state index in [1.54, 1.807) is 13.0 Å². The van der Waals surface area contributed by atoms with Gasteiger partial charge in [-0.15, -0.1) is 0 Å². The Morgan fingerprint density at radius 2 is 1.20 bits per heavy atom. The summed E-state index contributed by atoms with van der Waals surface area (Å²) in [4.78, 5) is 0. The molecule has 0 aliphatic carbocycles. The first-order valence-corrected chi connectivity index (χ1v) is 10.9. The molecule has 0 N–H and O–H groups in total. The Kier molecular flexibility index (Phi) is 8.01. The number of benzene rings is 3.